The van der Waals surface area contributed by atoms with Crippen LogP contribution in [0.2, 0.25) is 0 Å². The second kappa shape index (κ2) is 13.5. The van der Waals surface area contributed by atoms with Gasteiger partial charge in [0.1, 0.15) is 11.6 Å². The molecule has 0 amide bonds. The number of carbonyl (C=O) groups excluding carboxylic acids is 2. The molecule has 2 fully saturated rings. The highest BCUT2D eigenvalue weighted by Crippen LogP contribution is 2.34. The number of Topliss-reactive ketones (excluding diaryl/α,β-unsaturated/α-hetero) is 2. The van der Waals surface area contributed by atoms with Crippen LogP contribution < -0.4 is 0 Å². The van der Waals surface area contributed by atoms with Crippen LogP contribution >= 0.6 is 0 Å². The molecule has 2 rings (SSSR count). The number of rotatable bonds is 14. The molecule has 6 heteroatoms. The van der Waals surface area contributed by atoms with Gasteiger partial charge in [-0.3, -0.25) is 19.2 Å². The lowest BCUT2D eigenvalue weighted by molar-refractivity contribution is -0.148. The predicted molar refractivity (Wildman–Crippen MR) is 141 cm³/mol. The Balaban J connectivity index is 1.80. The highest BCUT2D eigenvalue weighted by Gasteiger charge is 2.33. The Morgan fingerprint density at radius 3 is 1.39 bits per heavy atom. The van der Waals surface area contributed by atoms with E-state index < -0.39 is 22.8 Å². The maximum atomic E-state index is 13.1. The van der Waals surface area contributed by atoms with Crippen LogP contribution in [-0.2, 0) is 19.2 Å². The number of carbonyl (C=O) groups is 4. The van der Waals surface area contributed by atoms with Crippen molar-refractivity contribution >= 4 is 23.5 Å². The molecule has 4 atom stereocenters. The molecule has 2 aliphatic rings. The van der Waals surface area contributed by atoms with Gasteiger partial charge in [-0.1, -0.05) is 50.7 Å². The summed E-state index contributed by atoms with van der Waals surface area (Å²) < 4.78 is 0. The Morgan fingerprint density at radius 1 is 0.694 bits per heavy atom. The molecule has 0 aliphatic heterocycles. The van der Waals surface area contributed by atoms with E-state index in [1.807, 2.05) is 12.2 Å². The molecule has 0 saturated heterocycles. The molecule has 0 bridgehead atoms. The maximum absolute atomic E-state index is 13.1. The number of carboxylic acid groups (broad SMARTS) is 2. The van der Waals surface area contributed by atoms with Gasteiger partial charge in [-0.05, 0) is 79.1 Å². The zero-order valence-corrected chi connectivity index (χ0v) is 22.9. The van der Waals surface area contributed by atoms with Gasteiger partial charge in [-0.25, -0.2) is 0 Å². The fourth-order valence-corrected chi connectivity index (χ4v) is 5.70. The standard InChI is InChI=1S/C30H48O6/c1-29(2,27(33)34)19-7-5-11-21-13-9-15-23(25(21)31)17-18-24-16-10-14-22(26(24)32)12-6-8-20-30(3,4)28(35)36/h17-18,21-24H,5-16,19-20H2,1-4H3,(H,33,34)(H,35,36)/b18-17-. The van der Waals surface area contributed by atoms with E-state index in [1.165, 1.54) is 0 Å². The summed E-state index contributed by atoms with van der Waals surface area (Å²) in [6.45, 7) is 7.00. The van der Waals surface area contributed by atoms with Gasteiger partial charge < -0.3 is 10.2 Å². The minimum atomic E-state index is -0.775. The van der Waals surface area contributed by atoms with E-state index in [-0.39, 0.29) is 35.2 Å². The fraction of sp³-hybridized carbons (Fsp3) is 0.800. The van der Waals surface area contributed by atoms with Gasteiger partial charge in [0, 0.05) is 23.7 Å². The molecule has 0 heterocycles. The SMILES string of the molecule is CC(C)(CCCCC1CCCC(/C=C\C2CCCC(CCCCC(C)(C)C(=O)O)C2=O)C1=O)C(=O)O. The van der Waals surface area contributed by atoms with Crippen molar-refractivity contribution in [3.8, 4) is 0 Å². The number of carboxylic acids is 2. The van der Waals surface area contributed by atoms with Gasteiger partial charge >= 0.3 is 11.9 Å². The molecular formula is C30H48O6. The first-order chi connectivity index (χ1) is 16.8. The first kappa shape index (κ1) is 30.2. The fourth-order valence-electron chi connectivity index (χ4n) is 5.70. The molecule has 0 aromatic heterocycles. The van der Waals surface area contributed by atoms with Crippen molar-refractivity contribution in [1.29, 1.82) is 0 Å². The van der Waals surface area contributed by atoms with Crippen molar-refractivity contribution < 1.29 is 29.4 Å². The Kier molecular flexibility index (Phi) is 11.4. The van der Waals surface area contributed by atoms with Crippen LogP contribution in [0.1, 0.15) is 118 Å². The monoisotopic (exact) mass is 504 g/mol. The summed E-state index contributed by atoms with van der Waals surface area (Å²) in [7, 11) is 0. The van der Waals surface area contributed by atoms with E-state index in [9.17, 15) is 29.4 Å². The van der Waals surface area contributed by atoms with E-state index >= 15 is 0 Å². The lowest BCUT2D eigenvalue weighted by Crippen LogP contribution is -2.29. The Bertz CT molecular complexity index is 742. The molecule has 2 N–H and O–H groups in total. The minimum Gasteiger partial charge on any atom is -0.481 e. The number of allylic oxidation sites excluding steroid dienone is 2. The van der Waals surface area contributed by atoms with Gasteiger partial charge in [0.15, 0.2) is 0 Å². The van der Waals surface area contributed by atoms with Crippen molar-refractivity contribution in [2.24, 2.45) is 34.5 Å². The summed E-state index contributed by atoms with van der Waals surface area (Å²) in [6, 6.07) is 0. The van der Waals surface area contributed by atoms with Gasteiger partial charge in [-0.2, -0.15) is 0 Å². The van der Waals surface area contributed by atoms with Crippen molar-refractivity contribution in [1.82, 2.24) is 0 Å². The van der Waals surface area contributed by atoms with Gasteiger partial charge in [0.25, 0.3) is 0 Å². The van der Waals surface area contributed by atoms with Gasteiger partial charge in [-0.15, -0.1) is 0 Å². The summed E-state index contributed by atoms with van der Waals surface area (Å²) in [5, 5.41) is 18.5. The Labute approximate surface area is 217 Å². The zero-order chi connectivity index (χ0) is 26.9. The molecule has 6 nitrogen and oxygen atoms in total. The van der Waals surface area contributed by atoms with Crippen LogP contribution in [0.25, 0.3) is 0 Å². The number of hydrogen-bond acceptors (Lipinski definition) is 4. The second-order valence-electron chi connectivity index (χ2n) is 12.5. The van der Waals surface area contributed by atoms with Crippen molar-refractivity contribution in [2.75, 3.05) is 0 Å². The van der Waals surface area contributed by atoms with E-state index in [2.05, 4.69) is 0 Å². The first-order valence-corrected chi connectivity index (χ1v) is 14.1. The highest BCUT2D eigenvalue weighted by atomic mass is 16.4. The van der Waals surface area contributed by atoms with Crippen molar-refractivity contribution in [3.05, 3.63) is 12.2 Å². The summed E-state index contributed by atoms with van der Waals surface area (Å²) in [5.41, 5.74) is -1.44. The van der Waals surface area contributed by atoms with Crippen LogP contribution in [0.15, 0.2) is 12.2 Å². The van der Waals surface area contributed by atoms with Gasteiger partial charge in [0.05, 0.1) is 10.8 Å². The number of unbranched alkanes of at least 4 members (excludes halogenated alkanes) is 2. The quantitative estimate of drug-likeness (QED) is 0.198. The van der Waals surface area contributed by atoms with Crippen LogP contribution in [0.5, 0.6) is 0 Å². The molecular weight excluding hydrogens is 456 g/mol. The number of aliphatic carboxylic acids is 2. The first-order valence-electron chi connectivity index (χ1n) is 14.1. The van der Waals surface area contributed by atoms with E-state index in [0.29, 0.717) is 12.8 Å². The van der Waals surface area contributed by atoms with Crippen molar-refractivity contribution in [3.63, 3.8) is 0 Å². The smallest absolute Gasteiger partial charge is 0.309 e. The molecule has 0 spiro atoms. The number of hydrogen-bond donors (Lipinski definition) is 2. The van der Waals surface area contributed by atoms with Gasteiger partial charge in [0.2, 0.25) is 0 Å². The van der Waals surface area contributed by atoms with Crippen LogP contribution in [-0.4, -0.2) is 33.7 Å². The van der Waals surface area contributed by atoms with E-state index in [0.717, 1.165) is 77.0 Å². The second-order valence-corrected chi connectivity index (χ2v) is 12.5. The Morgan fingerprint density at radius 2 is 1.06 bits per heavy atom. The molecule has 0 aromatic rings. The summed E-state index contributed by atoms with van der Waals surface area (Å²) in [4.78, 5) is 48.7. The van der Waals surface area contributed by atoms with E-state index in [1.54, 1.807) is 27.7 Å². The topological polar surface area (TPSA) is 109 Å². The normalized spacial score (nSPS) is 25.9. The molecule has 0 radical (unpaired) electrons. The van der Waals surface area contributed by atoms with Crippen LogP contribution in [0.4, 0.5) is 0 Å². The van der Waals surface area contributed by atoms with Crippen molar-refractivity contribution in [2.45, 2.75) is 118 Å². The third-order valence-corrected chi connectivity index (χ3v) is 8.61. The number of ketones is 2. The molecule has 0 aromatic carbocycles. The van der Waals surface area contributed by atoms with E-state index in [4.69, 9.17) is 0 Å². The summed E-state index contributed by atoms with van der Waals surface area (Å²) >= 11 is 0. The summed E-state index contributed by atoms with van der Waals surface area (Å²) in [5.74, 6) is -1.09. The largest absolute Gasteiger partial charge is 0.481 e. The molecule has 204 valence electrons. The molecule has 36 heavy (non-hydrogen) atoms. The minimum absolute atomic E-state index is 0.0474. The zero-order valence-electron chi connectivity index (χ0n) is 22.9. The molecule has 2 aliphatic carbocycles. The average Bonchev–Trinajstić information content (AvgIpc) is 2.81. The third-order valence-electron chi connectivity index (χ3n) is 8.61. The maximum Gasteiger partial charge on any atom is 0.309 e. The third kappa shape index (κ3) is 8.85. The average molecular weight is 505 g/mol. The van der Waals surface area contributed by atoms with Crippen LogP contribution in [0.3, 0.4) is 0 Å². The Hall–Kier alpha value is -1.98. The molecule has 4 unspecified atom stereocenters. The lowest BCUT2D eigenvalue weighted by atomic mass is 9.75. The predicted octanol–water partition coefficient (Wildman–Crippen LogP) is 6.86. The summed E-state index contributed by atoms with van der Waals surface area (Å²) in [6.07, 6.45) is 15.8. The highest BCUT2D eigenvalue weighted by molar-refractivity contribution is 5.87. The molecule has 2 saturated carbocycles. The van der Waals surface area contributed by atoms with Crippen LogP contribution in [0, 0.1) is 34.5 Å². The lowest BCUT2D eigenvalue weighted by Gasteiger charge is -2.28.